The first kappa shape index (κ1) is 20.2. The van der Waals surface area contributed by atoms with Crippen molar-refractivity contribution in [3.63, 3.8) is 0 Å². The minimum atomic E-state index is -0.766. The lowest BCUT2D eigenvalue weighted by molar-refractivity contribution is 0.102. The lowest BCUT2D eigenvalue weighted by atomic mass is 10.2. The zero-order valence-corrected chi connectivity index (χ0v) is 17.3. The first-order chi connectivity index (χ1) is 14.3. The zero-order valence-electron chi connectivity index (χ0n) is 16.4. The molecule has 0 saturated carbocycles. The maximum absolute atomic E-state index is 14.1. The van der Waals surface area contributed by atoms with Crippen molar-refractivity contribution in [3.05, 3.63) is 41.7 Å². The van der Waals surface area contributed by atoms with Crippen molar-refractivity contribution in [1.82, 2.24) is 20.1 Å². The van der Waals surface area contributed by atoms with E-state index in [4.69, 9.17) is 5.73 Å². The van der Waals surface area contributed by atoms with Crippen molar-refractivity contribution >= 4 is 33.8 Å². The van der Waals surface area contributed by atoms with Gasteiger partial charge in [0, 0.05) is 32.7 Å². The van der Waals surface area contributed by atoms with E-state index in [2.05, 4.69) is 32.5 Å². The molecule has 1 aliphatic heterocycles. The molecule has 8 nitrogen and oxygen atoms in total. The van der Waals surface area contributed by atoms with Crippen LogP contribution in [0.4, 0.5) is 25.3 Å². The number of thiazole rings is 1. The third-order valence-electron chi connectivity index (χ3n) is 4.87. The maximum atomic E-state index is 14.1. The van der Waals surface area contributed by atoms with Gasteiger partial charge in [-0.3, -0.25) is 9.48 Å². The van der Waals surface area contributed by atoms with E-state index in [1.165, 1.54) is 6.07 Å². The molecule has 3 aromatic rings. The number of amides is 1. The van der Waals surface area contributed by atoms with Crippen LogP contribution in [-0.4, -0.2) is 46.3 Å². The maximum Gasteiger partial charge on any atom is 0.277 e. The standard InChI is InChI=1S/C19H21F2N7OS/c1-10-9-28(7-6-23-10)19-13(8-24-27(19)2)25-17(29)15-16(22)30-18(26-15)14-11(20)4-3-5-12(14)21/h3-5,8,10,23H,6-7,9,22H2,1-2H3,(H,25,29)/t10-/m0/s1. The molecule has 0 bridgehead atoms. The molecule has 11 heteroatoms. The summed E-state index contributed by atoms with van der Waals surface area (Å²) < 4.78 is 29.9. The molecule has 2 aromatic heterocycles. The van der Waals surface area contributed by atoms with Gasteiger partial charge in [0.25, 0.3) is 5.91 Å². The summed E-state index contributed by atoms with van der Waals surface area (Å²) in [4.78, 5) is 19.1. The Labute approximate surface area is 175 Å². The van der Waals surface area contributed by atoms with Gasteiger partial charge in [-0.2, -0.15) is 5.10 Å². The highest BCUT2D eigenvalue weighted by atomic mass is 32.1. The third kappa shape index (κ3) is 3.73. The average molecular weight is 433 g/mol. The van der Waals surface area contributed by atoms with E-state index in [0.717, 1.165) is 48.9 Å². The highest BCUT2D eigenvalue weighted by Gasteiger charge is 2.25. The predicted octanol–water partition coefficient (Wildman–Crippen LogP) is 2.45. The molecule has 4 N–H and O–H groups in total. The molecule has 0 radical (unpaired) electrons. The Hall–Kier alpha value is -3.05. The normalized spacial score (nSPS) is 16.7. The molecule has 1 atom stereocenters. The highest BCUT2D eigenvalue weighted by molar-refractivity contribution is 7.19. The molecule has 158 valence electrons. The summed E-state index contributed by atoms with van der Waals surface area (Å²) in [6, 6.07) is 3.82. The fraction of sp³-hybridized carbons (Fsp3) is 0.316. The van der Waals surface area contributed by atoms with E-state index in [9.17, 15) is 13.6 Å². The number of nitrogens with zero attached hydrogens (tertiary/aromatic N) is 4. The van der Waals surface area contributed by atoms with Gasteiger partial charge in [0.15, 0.2) is 11.5 Å². The lowest BCUT2D eigenvalue weighted by Gasteiger charge is -2.33. The largest absolute Gasteiger partial charge is 0.389 e. The molecule has 1 aromatic carbocycles. The Bertz CT molecular complexity index is 1080. The minimum Gasteiger partial charge on any atom is -0.389 e. The van der Waals surface area contributed by atoms with Crippen LogP contribution in [0.1, 0.15) is 17.4 Å². The van der Waals surface area contributed by atoms with Crippen molar-refractivity contribution in [3.8, 4) is 10.6 Å². The van der Waals surface area contributed by atoms with Gasteiger partial charge < -0.3 is 21.3 Å². The van der Waals surface area contributed by atoms with Crippen molar-refractivity contribution in [2.24, 2.45) is 7.05 Å². The number of halogens is 2. The molecule has 1 fully saturated rings. The van der Waals surface area contributed by atoms with E-state index in [-0.39, 0.29) is 21.3 Å². The molecule has 30 heavy (non-hydrogen) atoms. The Morgan fingerprint density at radius 2 is 2.10 bits per heavy atom. The van der Waals surface area contributed by atoms with Crippen molar-refractivity contribution in [1.29, 1.82) is 0 Å². The van der Waals surface area contributed by atoms with E-state index < -0.39 is 17.5 Å². The summed E-state index contributed by atoms with van der Waals surface area (Å²) in [5.41, 5.74) is 6.08. The van der Waals surface area contributed by atoms with Crippen LogP contribution >= 0.6 is 11.3 Å². The number of rotatable bonds is 4. The zero-order chi connectivity index (χ0) is 21.4. The molecule has 3 heterocycles. The smallest absolute Gasteiger partial charge is 0.277 e. The van der Waals surface area contributed by atoms with Crippen LogP contribution in [0, 0.1) is 11.6 Å². The second-order valence-electron chi connectivity index (χ2n) is 7.09. The number of nitrogen functional groups attached to an aromatic ring is 1. The molecular formula is C19H21F2N7OS. The second-order valence-corrected chi connectivity index (χ2v) is 8.12. The number of nitrogens with one attached hydrogen (secondary N) is 2. The first-order valence-electron chi connectivity index (χ1n) is 9.37. The molecule has 1 saturated heterocycles. The topological polar surface area (TPSA) is 101 Å². The van der Waals surface area contributed by atoms with Crippen LogP contribution in [0.25, 0.3) is 10.6 Å². The van der Waals surface area contributed by atoms with Gasteiger partial charge in [-0.1, -0.05) is 17.4 Å². The summed E-state index contributed by atoms with van der Waals surface area (Å²) in [6.07, 6.45) is 1.56. The molecule has 1 amide bonds. The SMILES string of the molecule is C[C@H]1CN(c2c(NC(=O)c3nc(-c4c(F)cccc4F)sc3N)cnn2C)CCN1. The number of hydrogen-bond acceptors (Lipinski definition) is 7. The summed E-state index contributed by atoms with van der Waals surface area (Å²) in [5.74, 6) is -1.33. The van der Waals surface area contributed by atoms with Gasteiger partial charge in [-0.05, 0) is 19.1 Å². The Balaban J connectivity index is 1.61. The number of aromatic nitrogens is 3. The van der Waals surface area contributed by atoms with Crippen LogP contribution in [0.5, 0.6) is 0 Å². The number of hydrogen-bond donors (Lipinski definition) is 3. The highest BCUT2D eigenvalue weighted by Crippen LogP contribution is 2.34. The predicted molar refractivity (Wildman–Crippen MR) is 113 cm³/mol. The van der Waals surface area contributed by atoms with Crippen molar-refractivity contribution < 1.29 is 13.6 Å². The van der Waals surface area contributed by atoms with Crippen LogP contribution in [0.3, 0.4) is 0 Å². The summed E-state index contributed by atoms with van der Waals surface area (Å²) in [5, 5.41) is 10.5. The van der Waals surface area contributed by atoms with Gasteiger partial charge in [0.05, 0.1) is 11.8 Å². The summed E-state index contributed by atoms with van der Waals surface area (Å²) >= 11 is 0.859. The fourth-order valence-corrected chi connectivity index (χ4v) is 4.38. The van der Waals surface area contributed by atoms with Crippen LogP contribution in [0.15, 0.2) is 24.4 Å². The number of nitrogens with two attached hydrogens (primary N) is 1. The van der Waals surface area contributed by atoms with Gasteiger partial charge in [-0.25, -0.2) is 13.8 Å². The van der Waals surface area contributed by atoms with Gasteiger partial charge in [0.2, 0.25) is 0 Å². The van der Waals surface area contributed by atoms with Crippen molar-refractivity contribution in [2.75, 3.05) is 35.6 Å². The number of piperazine rings is 1. The number of aryl methyl sites for hydroxylation is 1. The van der Waals surface area contributed by atoms with Crippen LogP contribution < -0.4 is 21.3 Å². The number of carbonyl (C=O) groups is 1. The van der Waals surface area contributed by atoms with E-state index >= 15 is 0 Å². The van der Waals surface area contributed by atoms with Gasteiger partial charge in [0.1, 0.15) is 27.3 Å². The number of anilines is 3. The van der Waals surface area contributed by atoms with E-state index in [1.807, 2.05) is 0 Å². The average Bonchev–Trinajstić information content (AvgIpc) is 3.24. The molecule has 0 aliphatic carbocycles. The first-order valence-corrected chi connectivity index (χ1v) is 10.2. The van der Waals surface area contributed by atoms with Crippen LogP contribution in [-0.2, 0) is 7.05 Å². The second kappa shape index (κ2) is 8.00. The summed E-state index contributed by atoms with van der Waals surface area (Å²) in [7, 11) is 1.80. The molecular weight excluding hydrogens is 412 g/mol. The third-order valence-corrected chi connectivity index (χ3v) is 5.77. The Kier molecular flexibility index (Phi) is 5.39. The summed E-state index contributed by atoms with van der Waals surface area (Å²) in [6.45, 7) is 4.43. The Morgan fingerprint density at radius 3 is 2.80 bits per heavy atom. The molecule has 0 spiro atoms. The lowest BCUT2D eigenvalue weighted by Crippen LogP contribution is -2.50. The van der Waals surface area contributed by atoms with E-state index in [0.29, 0.717) is 11.7 Å². The van der Waals surface area contributed by atoms with Gasteiger partial charge in [-0.15, -0.1) is 0 Å². The van der Waals surface area contributed by atoms with Gasteiger partial charge >= 0.3 is 0 Å². The number of benzene rings is 1. The fourth-order valence-electron chi connectivity index (χ4n) is 3.50. The van der Waals surface area contributed by atoms with E-state index in [1.54, 1.807) is 17.9 Å². The minimum absolute atomic E-state index is 0.00981. The Morgan fingerprint density at radius 1 is 1.37 bits per heavy atom. The molecule has 1 aliphatic rings. The van der Waals surface area contributed by atoms with Crippen molar-refractivity contribution in [2.45, 2.75) is 13.0 Å². The van der Waals surface area contributed by atoms with Crippen LogP contribution in [0.2, 0.25) is 0 Å². The monoisotopic (exact) mass is 433 g/mol. The molecule has 0 unspecified atom stereocenters. The quantitative estimate of drug-likeness (QED) is 0.584. The molecule has 4 rings (SSSR count). The number of carbonyl (C=O) groups excluding carboxylic acids is 1.